The number of amides is 2. The van der Waals surface area contributed by atoms with Gasteiger partial charge in [0, 0.05) is 29.3 Å². The Morgan fingerprint density at radius 3 is 2.53 bits per heavy atom. The summed E-state index contributed by atoms with van der Waals surface area (Å²) < 4.78 is 21.7. The fourth-order valence-corrected chi connectivity index (χ4v) is 3.50. The Bertz CT molecular complexity index is 1270. The summed E-state index contributed by atoms with van der Waals surface area (Å²) in [7, 11) is 4.70. The molecule has 2 N–H and O–H groups in total. The van der Waals surface area contributed by atoms with E-state index in [2.05, 4.69) is 10.6 Å². The normalized spacial score (nSPS) is 13.4. The zero-order chi connectivity index (χ0) is 24.1. The van der Waals surface area contributed by atoms with Crippen molar-refractivity contribution >= 4 is 23.6 Å². The third-order valence-electron chi connectivity index (χ3n) is 5.29. The van der Waals surface area contributed by atoms with Gasteiger partial charge in [-0.1, -0.05) is 18.2 Å². The van der Waals surface area contributed by atoms with E-state index < -0.39 is 5.91 Å². The molecule has 0 unspecified atom stereocenters. The summed E-state index contributed by atoms with van der Waals surface area (Å²) >= 11 is 0. The molecule has 0 bridgehead atoms. The van der Waals surface area contributed by atoms with E-state index in [-0.39, 0.29) is 18.2 Å². The number of carbonyl (C=O) groups excluding carboxylic acids is 2. The lowest BCUT2D eigenvalue weighted by molar-refractivity contribution is -0.115. The molecule has 2 amide bonds. The van der Waals surface area contributed by atoms with Gasteiger partial charge in [-0.05, 0) is 42.5 Å². The third kappa shape index (κ3) is 4.80. The van der Waals surface area contributed by atoms with E-state index in [9.17, 15) is 9.59 Å². The van der Waals surface area contributed by atoms with Crippen molar-refractivity contribution in [2.24, 2.45) is 0 Å². The van der Waals surface area contributed by atoms with Crippen molar-refractivity contribution < 1.29 is 28.5 Å². The van der Waals surface area contributed by atoms with Crippen LogP contribution in [0, 0.1) is 0 Å². The van der Waals surface area contributed by atoms with Gasteiger partial charge in [-0.15, -0.1) is 0 Å². The van der Waals surface area contributed by atoms with Gasteiger partial charge in [0.25, 0.3) is 11.8 Å². The number of para-hydroxylation sites is 1. The Hall–Kier alpha value is -4.46. The molecular formula is C26H24N2O6. The molecule has 0 saturated carbocycles. The van der Waals surface area contributed by atoms with E-state index in [1.807, 2.05) is 24.3 Å². The highest BCUT2D eigenvalue weighted by Gasteiger charge is 2.23. The second-order valence-corrected chi connectivity index (χ2v) is 7.38. The average molecular weight is 460 g/mol. The zero-order valence-corrected chi connectivity index (χ0v) is 19.0. The van der Waals surface area contributed by atoms with E-state index in [4.69, 9.17) is 18.9 Å². The van der Waals surface area contributed by atoms with Crippen LogP contribution in [0.2, 0.25) is 0 Å². The first-order chi connectivity index (χ1) is 16.5. The van der Waals surface area contributed by atoms with Crippen molar-refractivity contribution in [1.82, 2.24) is 5.32 Å². The second kappa shape index (κ2) is 9.99. The molecule has 174 valence electrons. The standard InChI is InChI=1S/C26H24N2O6/c1-31-19-10-8-18(23(14-19)33-3)15-27-25(29)17-9-11-22-20(12-17)28-26(30)24(34-22)13-16-6-4-5-7-21(16)32-2/h4-14H,15H2,1-3H3,(H,27,29)(H,28,30). The zero-order valence-electron chi connectivity index (χ0n) is 19.0. The van der Waals surface area contributed by atoms with Crippen LogP contribution in [0.25, 0.3) is 6.08 Å². The van der Waals surface area contributed by atoms with Gasteiger partial charge in [0.2, 0.25) is 0 Å². The van der Waals surface area contributed by atoms with E-state index in [1.54, 1.807) is 63.8 Å². The maximum absolute atomic E-state index is 12.7. The minimum absolute atomic E-state index is 0.126. The van der Waals surface area contributed by atoms with Crippen LogP contribution in [-0.4, -0.2) is 33.1 Å². The van der Waals surface area contributed by atoms with Gasteiger partial charge in [-0.25, -0.2) is 0 Å². The Balaban J connectivity index is 1.48. The summed E-state index contributed by atoms with van der Waals surface area (Å²) in [6, 6.07) is 17.5. The molecule has 4 rings (SSSR count). The van der Waals surface area contributed by atoms with Gasteiger partial charge < -0.3 is 29.6 Å². The molecule has 0 aromatic heterocycles. The lowest BCUT2D eigenvalue weighted by atomic mass is 10.1. The van der Waals surface area contributed by atoms with Crippen molar-refractivity contribution in [3.63, 3.8) is 0 Å². The van der Waals surface area contributed by atoms with Crippen LogP contribution in [0.4, 0.5) is 5.69 Å². The smallest absolute Gasteiger partial charge is 0.291 e. The van der Waals surface area contributed by atoms with Crippen molar-refractivity contribution in [1.29, 1.82) is 0 Å². The highest BCUT2D eigenvalue weighted by atomic mass is 16.5. The summed E-state index contributed by atoms with van der Waals surface area (Å²) in [6.45, 7) is 0.262. The fraction of sp³-hybridized carbons (Fsp3) is 0.154. The molecule has 1 heterocycles. The SMILES string of the molecule is COc1ccc(CNC(=O)c2ccc3c(c2)NC(=O)C(=Cc2ccccc2OC)O3)c(OC)c1. The number of benzene rings is 3. The van der Waals surface area contributed by atoms with Crippen molar-refractivity contribution in [2.75, 3.05) is 26.6 Å². The minimum atomic E-state index is -0.418. The summed E-state index contributed by atoms with van der Waals surface area (Å²) in [5.41, 5.74) is 2.31. The van der Waals surface area contributed by atoms with Gasteiger partial charge in [-0.3, -0.25) is 9.59 Å². The molecule has 0 spiro atoms. The second-order valence-electron chi connectivity index (χ2n) is 7.38. The maximum Gasteiger partial charge on any atom is 0.291 e. The molecule has 3 aromatic carbocycles. The maximum atomic E-state index is 12.7. The molecule has 0 radical (unpaired) electrons. The van der Waals surface area contributed by atoms with Crippen LogP contribution in [0.1, 0.15) is 21.5 Å². The first-order valence-corrected chi connectivity index (χ1v) is 10.5. The molecule has 8 nitrogen and oxygen atoms in total. The van der Waals surface area contributed by atoms with Crippen LogP contribution in [0.15, 0.2) is 66.4 Å². The molecule has 3 aromatic rings. The van der Waals surface area contributed by atoms with Gasteiger partial charge in [-0.2, -0.15) is 0 Å². The first-order valence-electron chi connectivity index (χ1n) is 10.5. The number of nitrogens with one attached hydrogen (secondary N) is 2. The quantitative estimate of drug-likeness (QED) is 0.518. The predicted molar refractivity (Wildman–Crippen MR) is 127 cm³/mol. The summed E-state index contributed by atoms with van der Waals surface area (Å²) in [6.07, 6.45) is 1.61. The van der Waals surface area contributed by atoms with E-state index in [1.165, 1.54) is 0 Å². The van der Waals surface area contributed by atoms with Crippen molar-refractivity contribution in [3.05, 3.63) is 83.1 Å². The largest absolute Gasteiger partial charge is 0.497 e. The van der Waals surface area contributed by atoms with Gasteiger partial charge in [0.15, 0.2) is 11.5 Å². The highest BCUT2D eigenvalue weighted by Crippen LogP contribution is 2.33. The minimum Gasteiger partial charge on any atom is -0.497 e. The van der Waals surface area contributed by atoms with Crippen molar-refractivity contribution in [2.45, 2.75) is 6.54 Å². The molecule has 0 saturated heterocycles. The van der Waals surface area contributed by atoms with Crippen LogP contribution in [0.5, 0.6) is 23.0 Å². The molecule has 0 fully saturated rings. The topological polar surface area (TPSA) is 95.1 Å². The Morgan fingerprint density at radius 1 is 0.971 bits per heavy atom. The number of ether oxygens (including phenoxy) is 4. The summed E-state index contributed by atoms with van der Waals surface area (Å²) in [4.78, 5) is 25.3. The van der Waals surface area contributed by atoms with Gasteiger partial charge >= 0.3 is 0 Å². The number of carbonyl (C=O) groups is 2. The Morgan fingerprint density at radius 2 is 1.76 bits per heavy atom. The number of hydrogen-bond donors (Lipinski definition) is 2. The number of anilines is 1. The average Bonchev–Trinajstić information content (AvgIpc) is 2.87. The third-order valence-corrected chi connectivity index (χ3v) is 5.29. The predicted octanol–water partition coefficient (Wildman–Crippen LogP) is 4.01. The molecule has 1 aliphatic rings. The van der Waals surface area contributed by atoms with Gasteiger partial charge in [0.05, 0.1) is 27.0 Å². The number of methoxy groups -OCH3 is 3. The number of fused-ring (bicyclic) bond motifs is 1. The van der Waals surface area contributed by atoms with Crippen LogP contribution < -0.4 is 29.6 Å². The summed E-state index contributed by atoms with van der Waals surface area (Å²) in [5, 5.41) is 5.64. The fourth-order valence-electron chi connectivity index (χ4n) is 3.50. The van der Waals surface area contributed by atoms with E-state index in [0.29, 0.717) is 39.8 Å². The molecule has 1 aliphatic heterocycles. The van der Waals surface area contributed by atoms with Gasteiger partial charge in [0.1, 0.15) is 17.2 Å². The molecular weight excluding hydrogens is 436 g/mol. The molecule has 8 heteroatoms. The lowest BCUT2D eigenvalue weighted by Crippen LogP contribution is -2.26. The van der Waals surface area contributed by atoms with Crippen LogP contribution >= 0.6 is 0 Å². The van der Waals surface area contributed by atoms with E-state index in [0.717, 1.165) is 5.56 Å². The Labute approximate surface area is 197 Å². The molecule has 0 aliphatic carbocycles. The van der Waals surface area contributed by atoms with Crippen molar-refractivity contribution in [3.8, 4) is 23.0 Å². The lowest BCUT2D eigenvalue weighted by Gasteiger charge is -2.21. The van der Waals surface area contributed by atoms with Crippen LogP contribution in [0.3, 0.4) is 0 Å². The van der Waals surface area contributed by atoms with E-state index >= 15 is 0 Å². The number of rotatable bonds is 7. The highest BCUT2D eigenvalue weighted by molar-refractivity contribution is 6.09. The molecule has 34 heavy (non-hydrogen) atoms. The monoisotopic (exact) mass is 460 g/mol. The first kappa shape index (κ1) is 22.7. The molecule has 0 atom stereocenters. The Kier molecular flexibility index (Phi) is 6.68. The van der Waals surface area contributed by atoms with Crippen LogP contribution in [-0.2, 0) is 11.3 Å². The number of hydrogen-bond acceptors (Lipinski definition) is 6. The summed E-state index contributed by atoms with van der Waals surface area (Å²) in [5.74, 6) is 1.74.